The van der Waals surface area contributed by atoms with Crippen LogP contribution >= 0.6 is 0 Å². The van der Waals surface area contributed by atoms with Crippen LogP contribution in [0.5, 0.6) is 0 Å². The Morgan fingerprint density at radius 3 is 2.94 bits per heavy atom. The van der Waals surface area contributed by atoms with Gasteiger partial charge in [-0.05, 0) is 12.1 Å². The molecule has 0 saturated carbocycles. The Balaban J connectivity index is 2.49. The van der Waals surface area contributed by atoms with E-state index in [1.54, 1.807) is 13.1 Å². The van der Waals surface area contributed by atoms with E-state index in [1.807, 2.05) is 29.0 Å². The Morgan fingerprint density at radius 1 is 1.44 bits per heavy atom. The molecule has 2 aromatic rings. The molecule has 1 aromatic carbocycles. The standard InChI is InChI=1S/C12H12N2O2/c1-13-12(16)7-14-6-5-10-9(8-15)3-2-4-11(10)14/h2-6,8H,7H2,1H3,(H,13,16). The number of hydrogen-bond acceptors (Lipinski definition) is 2. The molecule has 82 valence electrons. The van der Waals surface area contributed by atoms with Crippen LogP contribution in [0.2, 0.25) is 0 Å². The number of rotatable bonds is 3. The summed E-state index contributed by atoms with van der Waals surface area (Å²) in [5.74, 6) is -0.0611. The average Bonchev–Trinajstić information content (AvgIpc) is 2.72. The van der Waals surface area contributed by atoms with E-state index in [0.717, 1.165) is 17.2 Å². The molecule has 1 amide bonds. The molecule has 1 heterocycles. The number of aromatic nitrogens is 1. The highest BCUT2D eigenvalue weighted by Gasteiger charge is 2.06. The molecular weight excluding hydrogens is 204 g/mol. The minimum Gasteiger partial charge on any atom is -0.358 e. The SMILES string of the molecule is CNC(=O)Cn1ccc2c(C=O)cccc21. The molecule has 0 atom stereocenters. The Hall–Kier alpha value is -2.10. The third-order valence-electron chi connectivity index (χ3n) is 2.57. The van der Waals surface area contributed by atoms with E-state index in [1.165, 1.54) is 0 Å². The van der Waals surface area contributed by atoms with Crippen LogP contribution in [0.25, 0.3) is 10.9 Å². The first-order valence-corrected chi connectivity index (χ1v) is 5.00. The molecule has 0 bridgehead atoms. The van der Waals surface area contributed by atoms with Crippen LogP contribution in [0.4, 0.5) is 0 Å². The third-order valence-corrected chi connectivity index (χ3v) is 2.57. The number of nitrogens with one attached hydrogen (secondary N) is 1. The van der Waals surface area contributed by atoms with Gasteiger partial charge in [-0.25, -0.2) is 0 Å². The van der Waals surface area contributed by atoms with Crippen molar-refractivity contribution in [1.29, 1.82) is 0 Å². The van der Waals surface area contributed by atoms with Crippen molar-refractivity contribution < 1.29 is 9.59 Å². The molecule has 4 nitrogen and oxygen atoms in total. The lowest BCUT2D eigenvalue weighted by molar-refractivity contribution is -0.121. The van der Waals surface area contributed by atoms with Gasteiger partial charge in [0.15, 0.2) is 6.29 Å². The first kappa shape index (κ1) is 10.4. The van der Waals surface area contributed by atoms with Crippen LogP contribution in [0.1, 0.15) is 10.4 Å². The third kappa shape index (κ3) is 1.69. The van der Waals surface area contributed by atoms with E-state index in [-0.39, 0.29) is 12.5 Å². The number of carbonyl (C=O) groups is 2. The second kappa shape index (κ2) is 4.18. The first-order valence-electron chi connectivity index (χ1n) is 5.00. The second-order valence-electron chi connectivity index (χ2n) is 3.51. The van der Waals surface area contributed by atoms with Crippen molar-refractivity contribution in [2.45, 2.75) is 6.54 Å². The van der Waals surface area contributed by atoms with E-state index >= 15 is 0 Å². The maximum Gasteiger partial charge on any atom is 0.239 e. The number of likely N-dealkylation sites (N-methyl/N-ethyl adjacent to an activating group) is 1. The van der Waals surface area contributed by atoms with Crippen molar-refractivity contribution >= 4 is 23.1 Å². The molecule has 1 aromatic heterocycles. The van der Waals surface area contributed by atoms with E-state index in [4.69, 9.17) is 0 Å². The molecule has 0 unspecified atom stereocenters. The van der Waals surface area contributed by atoms with Gasteiger partial charge in [-0.2, -0.15) is 0 Å². The molecule has 1 N–H and O–H groups in total. The van der Waals surface area contributed by atoms with Gasteiger partial charge in [0.05, 0.1) is 0 Å². The van der Waals surface area contributed by atoms with Crippen molar-refractivity contribution in [2.24, 2.45) is 0 Å². The Morgan fingerprint density at radius 2 is 2.25 bits per heavy atom. The van der Waals surface area contributed by atoms with Crippen LogP contribution < -0.4 is 5.32 Å². The van der Waals surface area contributed by atoms with Crippen LogP contribution in [-0.4, -0.2) is 23.8 Å². The van der Waals surface area contributed by atoms with E-state index in [9.17, 15) is 9.59 Å². The van der Waals surface area contributed by atoms with E-state index in [2.05, 4.69) is 5.32 Å². The summed E-state index contributed by atoms with van der Waals surface area (Å²) in [6.07, 6.45) is 2.64. The van der Waals surface area contributed by atoms with Crippen LogP contribution in [0.3, 0.4) is 0 Å². The lowest BCUT2D eigenvalue weighted by atomic mass is 10.1. The molecular formula is C12H12N2O2. The van der Waals surface area contributed by atoms with Crippen molar-refractivity contribution in [3.63, 3.8) is 0 Å². The molecule has 4 heteroatoms. The molecule has 16 heavy (non-hydrogen) atoms. The van der Waals surface area contributed by atoms with Crippen molar-refractivity contribution in [3.05, 3.63) is 36.0 Å². The summed E-state index contributed by atoms with van der Waals surface area (Å²) in [5, 5.41) is 3.44. The number of carbonyl (C=O) groups excluding carboxylic acids is 2. The zero-order valence-corrected chi connectivity index (χ0v) is 8.93. The van der Waals surface area contributed by atoms with Gasteiger partial charge in [0.25, 0.3) is 0 Å². The molecule has 2 rings (SSSR count). The topological polar surface area (TPSA) is 51.1 Å². The summed E-state index contributed by atoms with van der Waals surface area (Å²) in [7, 11) is 1.60. The van der Waals surface area contributed by atoms with Gasteiger partial charge in [0, 0.05) is 29.7 Å². The van der Waals surface area contributed by atoms with Gasteiger partial charge in [0.2, 0.25) is 5.91 Å². The zero-order valence-electron chi connectivity index (χ0n) is 8.93. The second-order valence-corrected chi connectivity index (χ2v) is 3.51. The zero-order chi connectivity index (χ0) is 11.5. The van der Waals surface area contributed by atoms with Crippen molar-refractivity contribution in [1.82, 2.24) is 9.88 Å². The van der Waals surface area contributed by atoms with E-state index in [0.29, 0.717) is 5.56 Å². The number of nitrogens with zero attached hydrogens (tertiary/aromatic N) is 1. The number of aldehydes is 1. The van der Waals surface area contributed by atoms with Gasteiger partial charge < -0.3 is 9.88 Å². The summed E-state index contributed by atoms with van der Waals surface area (Å²) in [5.41, 5.74) is 1.54. The van der Waals surface area contributed by atoms with Crippen molar-refractivity contribution in [2.75, 3.05) is 7.05 Å². The maximum absolute atomic E-state index is 11.3. The monoisotopic (exact) mass is 216 g/mol. The maximum atomic E-state index is 11.3. The minimum absolute atomic E-state index is 0.0611. The predicted octanol–water partition coefficient (Wildman–Crippen LogP) is 1.20. The summed E-state index contributed by atoms with van der Waals surface area (Å²) in [6.45, 7) is 0.266. The summed E-state index contributed by atoms with van der Waals surface area (Å²) >= 11 is 0. The van der Waals surface area contributed by atoms with Gasteiger partial charge in [-0.15, -0.1) is 0 Å². The van der Waals surface area contributed by atoms with Crippen LogP contribution in [0, 0.1) is 0 Å². The van der Waals surface area contributed by atoms with Gasteiger partial charge in [-0.1, -0.05) is 12.1 Å². The largest absolute Gasteiger partial charge is 0.358 e. The lowest BCUT2D eigenvalue weighted by Crippen LogP contribution is -2.22. The first-order chi connectivity index (χ1) is 7.76. The lowest BCUT2D eigenvalue weighted by Gasteiger charge is -2.04. The number of benzene rings is 1. The molecule has 0 spiro atoms. The Kier molecular flexibility index (Phi) is 2.72. The van der Waals surface area contributed by atoms with Crippen LogP contribution in [-0.2, 0) is 11.3 Å². The minimum atomic E-state index is -0.0611. The fourth-order valence-electron chi connectivity index (χ4n) is 1.72. The highest BCUT2D eigenvalue weighted by Crippen LogP contribution is 2.18. The highest BCUT2D eigenvalue weighted by atomic mass is 16.1. The van der Waals surface area contributed by atoms with Crippen LogP contribution in [0.15, 0.2) is 30.5 Å². The van der Waals surface area contributed by atoms with Crippen molar-refractivity contribution in [3.8, 4) is 0 Å². The average molecular weight is 216 g/mol. The summed E-state index contributed by atoms with van der Waals surface area (Å²) < 4.78 is 1.82. The number of hydrogen-bond donors (Lipinski definition) is 1. The predicted molar refractivity (Wildman–Crippen MR) is 61.4 cm³/mol. The molecule has 0 fully saturated rings. The number of fused-ring (bicyclic) bond motifs is 1. The number of amides is 1. The smallest absolute Gasteiger partial charge is 0.239 e. The van der Waals surface area contributed by atoms with Gasteiger partial charge in [-0.3, -0.25) is 9.59 Å². The Bertz CT molecular complexity index is 543. The van der Waals surface area contributed by atoms with Gasteiger partial charge >= 0.3 is 0 Å². The van der Waals surface area contributed by atoms with Gasteiger partial charge in [0.1, 0.15) is 6.54 Å². The molecule has 0 aliphatic rings. The molecule has 0 radical (unpaired) electrons. The highest BCUT2D eigenvalue weighted by molar-refractivity contribution is 5.97. The van der Waals surface area contributed by atoms with E-state index < -0.39 is 0 Å². The quantitative estimate of drug-likeness (QED) is 0.784. The molecule has 0 saturated heterocycles. The normalized spacial score (nSPS) is 10.3. The Labute approximate surface area is 92.9 Å². The molecule has 0 aliphatic heterocycles. The fourth-order valence-corrected chi connectivity index (χ4v) is 1.72. The summed E-state index contributed by atoms with van der Waals surface area (Å²) in [4.78, 5) is 22.1. The summed E-state index contributed by atoms with van der Waals surface area (Å²) in [6, 6.07) is 7.32. The molecule has 0 aliphatic carbocycles. The fraction of sp³-hybridized carbons (Fsp3) is 0.167.